The van der Waals surface area contributed by atoms with Crippen LogP contribution in [-0.2, 0) is 4.74 Å². The molecule has 0 aliphatic carbocycles. The number of amides is 1. The van der Waals surface area contributed by atoms with Gasteiger partial charge in [-0.2, -0.15) is 5.10 Å². The molecular formula is C14H16ClN5O2. The molecule has 1 aliphatic heterocycles. The maximum absolute atomic E-state index is 12.2. The molecule has 116 valence electrons. The summed E-state index contributed by atoms with van der Waals surface area (Å²) >= 11 is 5.97. The molecule has 0 bridgehead atoms. The standard InChI is InChI=1S/C14H16ClN5O2/c1-8-18-13(20-19-8)12-9(3-5-22-12)6-17-14(21)10-2-4-16-7-11(10)15/h2,4,7,9,12H,3,5-6H2,1H3,(H,17,21)(H,18,19,20)/t9-,12-/m0/s1. The lowest BCUT2D eigenvalue weighted by molar-refractivity contribution is 0.0798. The first kappa shape index (κ1) is 14.9. The highest BCUT2D eigenvalue weighted by atomic mass is 35.5. The Bertz CT molecular complexity index is 675. The highest BCUT2D eigenvalue weighted by Crippen LogP contribution is 2.32. The average molecular weight is 322 g/mol. The van der Waals surface area contributed by atoms with E-state index in [1.54, 1.807) is 12.3 Å². The first-order valence-electron chi connectivity index (χ1n) is 7.03. The zero-order chi connectivity index (χ0) is 15.5. The van der Waals surface area contributed by atoms with Gasteiger partial charge < -0.3 is 10.1 Å². The Kier molecular flexibility index (Phi) is 4.35. The summed E-state index contributed by atoms with van der Waals surface area (Å²) in [5.41, 5.74) is 0.417. The predicted octanol–water partition coefficient (Wildman–Crippen LogP) is 1.67. The van der Waals surface area contributed by atoms with E-state index in [9.17, 15) is 4.79 Å². The molecule has 1 amide bonds. The van der Waals surface area contributed by atoms with Crippen LogP contribution in [0.2, 0.25) is 5.02 Å². The van der Waals surface area contributed by atoms with E-state index in [0.29, 0.717) is 29.6 Å². The fourth-order valence-electron chi connectivity index (χ4n) is 2.49. The van der Waals surface area contributed by atoms with Gasteiger partial charge in [0.25, 0.3) is 5.91 Å². The summed E-state index contributed by atoms with van der Waals surface area (Å²) in [6, 6.07) is 1.60. The molecule has 2 aromatic heterocycles. The predicted molar refractivity (Wildman–Crippen MR) is 79.5 cm³/mol. The quantitative estimate of drug-likeness (QED) is 0.893. The van der Waals surface area contributed by atoms with Crippen molar-refractivity contribution in [3.05, 3.63) is 40.7 Å². The van der Waals surface area contributed by atoms with Gasteiger partial charge in [0.1, 0.15) is 11.9 Å². The summed E-state index contributed by atoms with van der Waals surface area (Å²) in [6.45, 7) is 2.96. The lowest BCUT2D eigenvalue weighted by Gasteiger charge is -2.16. The van der Waals surface area contributed by atoms with Crippen molar-refractivity contribution in [2.45, 2.75) is 19.4 Å². The van der Waals surface area contributed by atoms with Crippen LogP contribution in [0.15, 0.2) is 18.5 Å². The number of H-pyrrole nitrogens is 1. The number of nitrogens with zero attached hydrogens (tertiary/aromatic N) is 3. The Morgan fingerprint density at radius 3 is 3.18 bits per heavy atom. The summed E-state index contributed by atoms with van der Waals surface area (Å²) in [5.74, 6) is 1.30. The number of aryl methyl sites for hydroxylation is 1. The highest BCUT2D eigenvalue weighted by molar-refractivity contribution is 6.33. The second kappa shape index (κ2) is 6.41. The molecule has 0 saturated carbocycles. The second-order valence-corrected chi connectivity index (χ2v) is 5.59. The number of aromatic amines is 1. The van der Waals surface area contributed by atoms with E-state index in [2.05, 4.69) is 25.5 Å². The molecule has 0 radical (unpaired) electrons. The summed E-state index contributed by atoms with van der Waals surface area (Å²) in [7, 11) is 0. The summed E-state index contributed by atoms with van der Waals surface area (Å²) in [4.78, 5) is 20.3. The van der Waals surface area contributed by atoms with Crippen molar-refractivity contribution in [2.75, 3.05) is 13.2 Å². The maximum Gasteiger partial charge on any atom is 0.252 e. The maximum atomic E-state index is 12.2. The monoisotopic (exact) mass is 321 g/mol. The second-order valence-electron chi connectivity index (χ2n) is 5.18. The first-order valence-corrected chi connectivity index (χ1v) is 7.41. The lowest BCUT2D eigenvalue weighted by Crippen LogP contribution is -2.31. The van der Waals surface area contributed by atoms with E-state index >= 15 is 0 Å². The van der Waals surface area contributed by atoms with Gasteiger partial charge in [0.2, 0.25) is 0 Å². The van der Waals surface area contributed by atoms with Gasteiger partial charge in [0.15, 0.2) is 5.82 Å². The van der Waals surface area contributed by atoms with Gasteiger partial charge in [-0.25, -0.2) is 4.98 Å². The van der Waals surface area contributed by atoms with Gasteiger partial charge in [0.05, 0.1) is 10.6 Å². The fraction of sp³-hybridized carbons (Fsp3) is 0.429. The number of rotatable bonds is 4. The minimum atomic E-state index is -0.218. The van der Waals surface area contributed by atoms with E-state index < -0.39 is 0 Å². The van der Waals surface area contributed by atoms with Crippen molar-refractivity contribution < 1.29 is 9.53 Å². The number of hydrogen-bond donors (Lipinski definition) is 2. The lowest BCUT2D eigenvalue weighted by atomic mass is 10.0. The Morgan fingerprint density at radius 2 is 2.45 bits per heavy atom. The Morgan fingerprint density at radius 1 is 1.59 bits per heavy atom. The third-order valence-electron chi connectivity index (χ3n) is 3.63. The molecular weight excluding hydrogens is 306 g/mol. The van der Waals surface area contributed by atoms with Gasteiger partial charge in [-0.05, 0) is 19.4 Å². The summed E-state index contributed by atoms with van der Waals surface area (Å²) < 4.78 is 5.69. The molecule has 7 nitrogen and oxygen atoms in total. The molecule has 1 aliphatic rings. The van der Waals surface area contributed by atoms with Crippen molar-refractivity contribution in [3.8, 4) is 0 Å². The number of nitrogens with one attached hydrogen (secondary N) is 2. The molecule has 0 unspecified atom stereocenters. The van der Waals surface area contributed by atoms with Gasteiger partial charge >= 0.3 is 0 Å². The van der Waals surface area contributed by atoms with E-state index in [0.717, 1.165) is 12.2 Å². The first-order chi connectivity index (χ1) is 10.6. The zero-order valence-corrected chi connectivity index (χ0v) is 12.8. The van der Waals surface area contributed by atoms with Crippen molar-refractivity contribution in [2.24, 2.45) is 5.92 Å². The molecule has 0 spiro atoms. The minimum Gasteiger partial charge on any atom is -0.370 e. The van der Waals surface area contributed by atoms with Gasteiger partial charge in [0, 0.05) is 31.5 Å². The largest absolute Gasteiger partial charge is 0.370 e. The van der Waals surface area contributed by atoms with Gasteiger partial charge in [-0.1, -0.05) is 11.6 Å². The Balaban J connectivity index is 1.63. The van der Waals surface area contributed by atoms with Crippen LogP contribution in [0.25, 0.3) is 0 Å². The van der Waals surface area contributed by atoms with Crippen LogP contribution in [-0.4, -0.2) is 39.2 Å². The molecule has 0 aromatic carbocycles. The number of carbonyl (C=O) groups is 1. The summed E-state index contributed by atoms with van der Waals surface area (Å²) in [6.07, 6.45) is 3.65. The molecule has 1 fully saturated rings. The average Bonchev–Trinajstić information content (AvgIpc) is 3.13. The molecule has 3 heterocycles. The molecule has 3 rings (SSSR count). The van der Waals surface area contributed by atoms with Gasteiger partial charge in [-0.3, -0.25) is 14.9 Å². The number of carbonyl (C=O) groups excluding carboxylic acids is 1. The van der Waals surface area contributed by atoms with E-state index in [4.69, 9.17) is 16.3 Å². The van der Waals surface area contributed by atoms with Crippen LogP contribution in [0, 0.1) is 12.8 Å². The molecule has 2 atom stereocenters. The minimum absolute atomic E-state index is 0.139. The van der Waals surface area contributed by atoms with Gasteiger partial charge in [-0.15, -0.1) is 0 Å². The van der Waals surface area contributed by atoms with Crippen molar-refractivity contribution in [3.63, 3.8) is 0 Å². The zero-order valence-electron chi connectivity index (χ0n) is 12.0. The molecule has 2 aromatic rings. The fourth-order valence-corrected chi connectivity index (χ4v) is 2.70. The van der Waals surface area contributed by atoms with Crippen LogP contribution in [0.4, 0.5) is 0 Å². The highest BCUT2D eigenvalue weighted by Gasteiger charge is 2.32. The van der Waals surface area contributed by atoms with Crippen LogP contribution < -0.4 is 5.32 Å². The molecule has 22 heavy (non-hydrogen) atoms. The third kappa shape index (κ3) is 3.10. The molecule has 1 saturated heterocycles. The summed E-state index contributed by atoms with van der Waals surface area (Å²) in [5, 5.41) is 10.2. The van der Waals surface area contributed by atoms with E-state index in [-0.39, 0.29) is 17.9 Å². The van der Waals surface area contributed by atoms with Crippen LogP contribution in [0.3, 0.4) is 0 Å². The molecule has 2 N–H and O–H groups in total. The van der Waals surface area contributed by atoms with Crippen LogP contribution >= 0.6 is 11.6 Å². The normalized spacial score (nSPS) is 21.0. The van der Waals surface area contributed by atoms with Crippen LogP contribution in [0.1, 0.15) is 34.5 Å². The molecule has 8 heteroatoms. The number of hydrogen-bond acceptors (Lipinski definition) is 5. The Labute approximate surface area is 132 Å². The van der Waals surface area contributed by atoms with Crippen molar-refractivity contribution in [1.29, 1.82) is 0 Å². The van der Waals surface area contributed by atoms with E-state index in [1.807, 2.05) is 6.92 Å². The van der Waals surface area contributed by atoms with Crippen molar-refractivity contribution in [1.82, 2.24) is 25.5 Å². The van der Waals surface area contributed by atoms with Crippen molar-refractivity contribution >= 4 is 17.5 Å². The Hall–Kier alpha value is -1.99. The number of ether oxygens (including phenoxy) is 1. The van der Waals surface area contributed by atoms with E-state index in [1.165, 1.54) is 6.20 Å². The smallest absolute Gasteiger partial charge is 0.252 e. The van der Waals surface area contributed by atoms with Crippen LogP contribution in [0.5, 0.6) is 0 Å². The number of halogens is 1. The third-order valence-corrected chi connectivity index (χ3v) is 3.93. The SMILES string of the molecule is Cc1nc([C@H]2OCC[C@H]2CNC(=O)c2ccncc2Cl)n[nH]1. The number of aromatic nitrogens is 4. The number of pyridine rings is 1. The topological polar surface area (TPSA) is 92.8 Å².